The Labute approximate surface area is 230 Å². The maximum Gasteiger partial charge on any atom is 0.278 e. The number of hydrogen-bond acceptors (Lipinski definition) is 4. The molecule has 5 rings (SSSR count). The normalized spacial score (nSPS) is 11.5. The van der Waals surface area contributed by atoms with Crippen LogP contribution in [0.4, 0.5) is 8.78 Å². The van der Waals surface area contributed by atoms with Crippen LogP contribution in [0.2, 0.25) is 0 Å². The van der Waals surface area contributed by atoms with Gasteiger partial charge in [-0.2, -0.15) is 0 Å². The van der Waals surface area contributed by atoms with Gasteiger partial charge in [0.15, 0.2) is 17.4 Å². The smallest absolute Gasteiger partial charge is 0.278 e. The molecule has 2 aromatic heterocycles. The van der Waals surface area contributed by atoms with Gasteiger partial charge in [0, 0.05) is 37.2 Å². The predicted molar refractivity (Wildman–Crippen MR) is 151 cm³/mol. The Hall–Kier alpha value is -4.72. The van der Waals surface area contributed by atoms with Crippen LogP contribution in [0.3, 0.4) is 0 Å². The maximum absolute atomic E-state index is 13.6. The second-order valence-electron chi connectivity index (χ2n) is 9.73. The van der Waals surface area contributed by atoms with Crippen molar-refractivity contribution in [3.8, 4) is 0 Å². The van der Waals surface area contributed by atoms with Crippen molar-refractivity contribution in [2.24, 2.45) is 7.05 Å². The fourth-order valence-electron chi connectivity index (χ4n) is 4.69. The zero-order valence-electron chi connectivity index (χ0n) is 22.3. The zero-order chi connectivity index (χ0) is 28.2. The number of aromatic nitrogens is 4. The third-order valence-electron chi connectivity index (χ3n) is 6.96. The van der Waals surface area contributed by atoms with E-state index in [0.717, 1.165) is 40.0 Å². The van der Waals surface area contributed by atoms with Crippen LogP contribution in [0.25, 0.3) is 17.0 Å². The number of halogens is 2. The highest BCUT2D eigenvalue weighted by Gasteiger charge is 2.21. The van der Waals surface area contributed by atoms with E-state index in [2.05, 4.69) is 22.1 Å². The van der Waals surface area contributed by atoms with Gasteiger partial charge in [0.1, 0.15) is 11.4 Å². The SMILES string of the molecule is Cc1c(C(=O)CC/C=C/c2ccc3nc(Cc4ccccc4)ncc3c2)c(=O)n(Cc2ccc(F)c(F)c2)n1C. The summed E-state index contributed by atoms with van der Waals surface area (Å²) >= 11 is 0. The van der Waals surface area contributed by atoms with Crippen molar-refractivity contribution in [2.45, 2.75) is 32.7 Å². The monoisotopic (exact) mass is 538 g/mol. The highest BCUT2D eigenvalue weighted by atomic mass is 19.2. The van der Waals surface area contributed by atoms with Crippen molar-refractivity contribution in [3.05, 3.63) is 135 Å². The third kappa shape index (κ3) is 5.81. The van der Waals surface area contributed by atoms with Crippen LogP contribution in [0.1, 0.15) is 51.4 Å². The first kappa shape index (κ1) is 26.9. The minimum atomic E-state index is -0.980. The average molecular weight is 539 g/mol. The van der Waals surface area contributed by atoms with Crippen LogP contribution < -0.4 is 5.56 Å². The summed E-state index contributed by atoms with van der Waals surface area (Å²) in [6.07, 6.45) is 6.96. The van der Waals surface area contributed by atoms with Gasteiger partial charge in [0.25, 0.3) is 5.56 Å². The molecule has 0 saturated carbocycles. The van der Waals surface area contributed by atoms with E-state index in [-0.39, 0.29) is 24.3 Å². The largest absolute Gasteiger partial charge is 0.294 e. The number of allylic oxidation sites excluding steroid dienone is 1. The molecular weight excluding hydrogens is 510 g/mol. The molecule has 0 N–H and O–H groups in total. The van der Waals surface area contributed by atoms with E-state index in [1.807, 2.05) is 54.7 Å². The summed E-state index contributed by atoms with van der Waals surface area (Å²) in [6.45, 7) is 1.73. The molecule has 8 heteroatoms. The number of nitrogens with zero attached hydrogens (tertiary/aromatic N) is 4. The quantitative estimate of drug-likeness (QED) is 0.215. The van der Waals surface area contributed by atoms with Gasteiger partial charge in [-0.15, -0.1) is 0 Å². The average Bonchev–Trinajstić information content (AvgIpc) is 3.16. The number of ketones is 1. The first-order valence-corrected chi connectivity index (χ1v) is 13.0. The van der Waals surface area contributed by atoms with E-state index >= 15 is 0 Å². The first-order chi connectivity index (χ1) is 19.3. The van der Waals surface area contributed by atoms with Crippen LogP contribution in [0.5, 0.6) is 0 Å². The first-order valence-electron chi connectivity index (χ1n) is 13.0. The molecule has 0 aliphatic heterocycles. The number of Topliss-reactive ketones (excluding diaryl/α,β-unsaturated/α-hetero) is 1. The van der Waals surface area contributed by atoms with Crippen LogP contribution in [0.15, 0.2) is 83.8 Å². The molecule has 0 fully saturated rings. The van der Waals surface area contributed by atoms with Crippen LogP contribution in [-0.4, -0.2) is 25.1 Å². The molecule has 0 amide bonds. The molecule has 3 aromatic carbocycles. The molecule has 0 unspecified atom stereocenters. The van der Waals surface area contributed by atoms with Gasteiger partial charge < -0.3 is 0 Å². The highest BCUT2D eigenvalue weighted by Crippen LogP contribution is 2.17. The molecule has 0 atom stereocenters. The lowest BCUT2D eigenvalue weighted by molar-refractivity contribution is 0.0982. The summed E-state index contributed by atoms with van der Waals surface area (Å²) in [6, 6.07) is 19.5. The van der Waals surface area contributed by atoms with Crippen molar-refractivity contribution in [1.82, 2.24) is 19.3 Å². The lowest BCUT2D eigenvalue weighted by Gasteiger charge is -2.08. The Morgan fingerprint density at radius 3 is 2.55 bits per heavy atom. The number of fused-ring (bicyclic) bond motifs is 1. The highest BCUT2D eigenvalue weighted by molar-refractivity contribution is 5.97. The maximum atomic E-state index is 13.6. The summed E-state index contributed by atoms with van der Waals surface area (Å²) in [7, 11) is 1.67. The van der Waals surface area contributed by atoms with Crippen LogP contribution in [-0.2, 0) is 20.0 Å². The van der Waals surface area contributed by atoms with Gasteiger partial charge in [0.05, 0.1) is 12.1 Å². The minimum Gasteiger partial charge on any atom is -0.294 e. The number of hydrogen-bond donors (Lipinski definition) is 0. The van der Waals surface area contributed by atoms with E-state index in [1.54, 1.807) is 18.7 Å². The van der Waals surface area contributed by atoms with Gasteiger partial charge in [0.2, 0.25) is 0 Å². The second-order valence-corrected chi connectivity index (χ2v) is 9.73. The Morgan fingerprint density at radius 1 is 0.975 bits per heavy atom. The van der Waals surface area contributed by atoms with Crippen molar-refractivity contribution in [2.75, 3.05) is 0 Å². The topological polar surface area (TPSA) is 69.8 Å². The molecule has 0 spiro atoms. The van der Waals surface area contributed by atoms with Gasteiger partial charge >= 0.3 is 0 Å². The minimum absolute atomic E-state index is 0.0278. The molecule has 6 nitrogen and oxygen atoms in total. The molecule has 0 saturated heterocycles. The molecule has 2 heterocycles. The lowest BCUT2D eigenvalue weighted by atomic mass is 10.1. The summed E-state index contributed by atoms with van der Waals surface area (Å²) in [5, 5.41) is 0.927. The van der Waals surface area contributed by atoms with E-state index in [4.69, 9.17) is 0 Å². The lowest BCUT2D eigenvalue weighted by Crippen LogP contribution is -2.25. The van der Waals surface area contributed by atoms with Crippen molar-refractivity contribution in [3.63, 3.8) is 0 Å². The Kier molecular flexibility index (Phi) is 7.77. The van der Waals surface area contributed by atoms with E-state index in [9.17, 15) is 18.4 Å². The zero-order valence-corrected chi connectivity index (χ0v) is 22.3. The van der Waals surface area contributed by atoms with Gasteiger partial charge in [-0.3, -0.25) is 14.3 Å². The number of benzene rings is 3. The Balaban J connectivity index is 1.23. The summed E-state index contributed by atoms with van der Waals surface area (Å²) < 4.78 is 29.8. The number of rotatable bonds is 9. The molecule has 0 bridgehead atoms. The second kappa shape index (κ2) is 11.6. The molecule has 40 heavy (non-hydrogen) atoms. The van der Waals surface area contributed by atoms with Crippen molar-refractivity contribution < 1.29 is 13.6 Å². The molecule has 0 radical (unpaired) electrons. The summed E-state index contributed by atoms with van der Waals surface area (Å²) in [5.41, 5.74) is 3.62. The predicted octanol–water partition coefficient (Wildman–Crippen LogP) is 6.03. The molecule has 202 valence electrons. The fourth-order valence-corrected chi connectivity index (χ4v) is 4.69. The number of carbonyl (C=O) groups excluding carboxylic acids is 1. The Morgan fingerprint density at radius 2 is 1.77 bits per heavy atom. The standard InChI is InChI=1S/C32H28F2N4O2/c1-21-31(32(40)38(37(21)2)20-24-12-14-26(33)27(34)17-24)29(39)11-7-6-10-23-13-15-28-25(16-23)19-35-30(36-28)18-22-8-4-3-5-9-22/h3-6,8-10,12-17,19H,7,11,18,20H2,1-2H3/b10-6+. The summed E-state index contributed by atoms with van der Waals surface area (Å²) in [4.78, 5) is 35.2. The van der Waals surface area contributed by atoms with Gasteiger partial charge in [-0.1, -0.05) is 54.6 Å². The van der Waals surface area contributed by atoms with Crippen LogP contribution in [0, 0.1) is 18.6 Å². The molecular formula is C32H28F2N4O2. The fraction of sp³-hybridized carbons (Fsp3) is 0.188. The van der Waals surface area contributed by atoms with E-state index < -0.39 is 17.2 Å². The van der Waals surface area contributed by atoms with E-state index in [1.165, 1.54) is 10.7 Å². The third-order valence-corrected chi connectivity index (χ3v) is 6.96. The van der Waals surface area contributed by atoms with Crippen molar-refractivity contribution >= 4 is 22.8 Å². The molecule has 5 aromatic rings. The molecule has 0 aliphatic rings. The van der Waals surface area contributed by atoms with Gasteiger partial charge in [-0.25, -0.2) is 23.4 Å². The van der Waals surface area contributed by atoms with Crippen LogP contribution >= 0.6 is 0 Å². The number of carbonyl (C=O) groups is 1. The summed E-state index contributed by atoms with van der Waals surface area (Å²) in [5.74, 6) is -1.43. The molecule has 0 aliphatic carbocycles. The van der Waals surface area contributed by atoms with Gasteiger partial charge in [-0.05, 0) is 54.3 Å². The van der Waals surface area contributed by atoms with Crippen molar-refractivity contribution in [1.29, 1.82) is 0 Å². The Bertz CT molecular complexity index is 1790. The van der Waals surface area contributed by atoms with E-state index in [0.29, 0.717) is 24.1 Å².